The molecule has 0 unspecified atom stereocenters. The van der Waals surface area contributed by atoms with Gasteiger partial charge < -0.3 is 14.8 Å². The largest absolute Gasteiger partial charge is 0.508 e. The molecule has 2 N–H and O–H groups in total. The molecule has 6 heteroatoms. The summed E-state index contributed by atoms with van der Waals surface area (Å²) in [6.45, 7) is 6.63. The van der Waals surface area contributed by atoms with Gasteiger partial charge in [0.2, 0.25) is 11.8 Å². The molecule has 0 radical (unpaired) electrons. The molecule has 0 spiro atoms. The van der Waals surface area contributed by atoms with Crippen molar-refractivity contribution < 1.29 is 9.52 Å². The van der Waals surface area contributed by atoms with Crippen LogP contribution in [-0.4, -0.2) is 20.8 Å². The van der Waals surface area contributed by atoms with Crippen molar-refractivity contribution in [3.63, 3.8) is 0 Å². The van der Waals surface area contributed by atoms with E-state index < -0.39 is 0 Å². The van der Waals surface area contributed by atoms with Crippen molar-refractivity contribution in [2.75, 3.05) is 0 Å². The number of aromatic hydroxyl groups is 1. The van der Waals surface area contributed by atoms with Gasteiger partial charge in [-0.05, 0) is 39.0 Å². The average molecular weight is 282 g/mol. The van der Waals surface area contributed by atoms with Crippen LogP contribution in [0.2, 0.25) is 5.02 Å². The molecule has 102 valence electrons. The molecular formula is C13H16ClN3O2. The molecule has 0 aliphatic carbocycles. The third kappa shape index (κ3) is 3.68. The molecule has 0 saturated heterocycles. The first kappa shape index (κ1) is 13.8. The van der Waals surface area contributed by atoms with Crippen LogP contribution in [0.5, 0.6) is 5.75 Å². The number of phenolic OH excluding ortho intramolecular Hbond substituents is 1. The Hall–Kier alpha value is -1.59. The van der Waals surface area contributed by atoms with Crippen molar-refractivity contribution in [2.45, 2.75) is 32.9 Å². The van der Waals surface area contributed by atoms with E-state index >= 15 is 0 Å². The van der Waals surface area contributed by atoms with E-state index in [1.165, 1.54) is 12.1 Å². The first-order chi connectivity index (χ1) is 8.85. The SMILES string of the molecule is CC(C)(C)NCc1nnc(-c2cc(O)ccc2Cl)o1. The first-order valence-corrected chi connectivity index (χ1v) is 6.29. The van der Waals surface area contributed by atoms with Gasteiger partial charge in [0.05, 0.1) is 17.1 Å². The molecule has 19 heavy (non-hydrogen) atoms. The number of halogens is 1. The number of aromatic nitrogens is 2. The molecule has 0 aliphatic rings. The zero-order valence-electron chi connectivity index (χ0n) is 11.1. The maximum absolute atomic E-state index is 9.45. The van der Waals surface area contributed by atoms with Gasteiger partial charge in [-0.2, -0.15) is 0 Å². The van der Waals surface area contributed by atoms with E-state index in [1.807, 2.05) is 0 Å². The fraction of sp³-hybridized carbons (Fsp3) is 0.385. The molecule has 0 bridgehead atoms. The molecule has 5 nitrogen and oxygen atoms in total. The minimum Gasteiger partial charge on any atom is -0.508 e. The lowest BCUT2D eigenvalue weighted by Crippen LogP contribution is -2.35. The van der Waals surface area contributed by atoms with Crippen LogP contribution in [0.15, 0.2) is 22.6 Å². The van der Waals surface area contributed by atoms with E-state index in [0.717, 1.165) is 0 Å². The van der Waals surface area contributed by atoms with Crippen LogP contribution in [0.25, 0.3) is 11.5 Å². The monoisotopic (exact) mass is 281 g/mol. The first-order valence-electron chi connectivity index (χ1n) is 5.91. The lowest BCUT2D eigenvalue weighted by Gasteiger charge is -2.18. The van der Waals surface area contributed by atoms with Crippen LogP contribution in [0.1, 0.15) is 26.7 Å². The van der Waals surface area contributed by atoms with E-state index in [9.17, 15) is 5.11 Å². The normalized spacial score (nSPS) is 11.8. The highest BCUT2D eigenvalue weighted by atomic mass is 35.5. The van der Waals surface area contributed by atoms with Crippen LogP contribution in [0.4, 0.5) is 0 Å². The van der Waals surface area contributed by atoms with Gasteiger partial charge in [0.25, 0.3) is 0 Å². The third-order valence-electron chi connectivity index (χ3n) is 2.42. The highest BCUT2D eigenvalue weighted by molar-refractivity contribution is 6.33. The van der Waals surface area contributed by atoms with Crippen LogP contribution >= 0.6 is 11.6 Å². The van der Waals surface area contributed by atoms with E-state index in [2.05, 4.69) is 36.3 Å². The summed E-state index contributed by atoms with van der Waals surface area (Å²) in [4.78, 5) is 0. The van der Waals surface area contributed by atoms with Gasteiger partial charge in [-0.1, -0.05) is 11.6 Å². The van der Waals surface area contributed by atoms with Crippen molar-refractivity contribution in [1.29, 1.82) is 0 Å². The minimum atomic E-state index is -0.0305. The maximum Gasteiger partial charge on any atom is 0.249 e. The molecular weight excluding hydrogens is 266 g/mol. The Morgan fingerprint density at radius 2 is 2.05 bits per heavy atom. The predicted octanol–water partition coefficient (Wildman–Crippen LogP) is 2.98. The quantitative estimate of drug-likeness (QED) is 0.905. The second kappa shape index (κ2) is 5.19. The molecule has 1 aromatic carbocycles. The number of phenols is 1. The lowest BCUT2D eigenvalue weighted by molar-refractivity contribution is 0.383. The van der Waals surface area contributed by atoms with E-state index in [0.29, 0.717) is 28.9 Å². The van der Waals surface area contributed by atoms with Gasteiger partial charge >= 0.3 is 0 Å². The standard InChI is InChI=1S/C13H16ClN3O2/c1-13(2,3)15-7-11-16-17-12(19-11)9-6-8(18)4-5-10(9)14/h4-6,15,18H,7H2,1-3H3. The van der Waals surface area contributed by atoms with Crippen LogP contribution in [0, 0.1) is 0 Å². The Labute approximate surface area is 116 Å². The Morgan fingerprint density at radius 3 is 2.74 bits per heavy atom. The summed E-state index contributed by atoms with van der Waals surface area (Å²) in [5, 5.41) is 21.0. The summed E-state index contributed by atoms with van der Waals surface area (Å²) in [6.07, 6.45) is 0. The van der Waals surface area contributed by atoms with Gasteiger partial charge in [0.15, 0.2) is 0 Å². The van der Waals surface area contributed by atoms with Crippen molar-refractivity contribution in [3.8, 4) is 17.2 Å². The molecule has 0 saturated carbocycles. The van der Waals surface area contributed by atoms with Crippen molar-refractivity contribution in [3.05, 3.63) is 29.1 Å². The number of hydrogen-bond donors (Lipinski definition) is 2. The second-order valence-electron chi connectivity index (χ2n) is 5.27. The lowest BCUT2D eigenvalue weighted by atomic mass is 10.1. The maximum atomic E-state index is 9.45. The smallest absolute Gasteiger partial charge is 0.249 e. The van der Waals surface area contributed by atoms with Crippen molar-refractivity contribution in [2.24, 2.45) is 0 Å². The highest BCUT2D eigenvalue weighted by Gasteiger charge is 2.15. The molecule has 0 aliphatic heterocycles. The zero-order chi connectivity index (χ0) is 14.0. The molecule has 0 amide bonds. The third-order valence-corrected chi connectivity index (χ3v) is 2.75. The minimum absolute atomic E-state index is 0.0305. The summed E-state index contributed by atoms with van der Waals surface area (Å²) in [5.41, 5.74) is 0.494. The number of rotatable bonds is 3. The molecule has 1 heterocycles. The summed E-state index contributed by atoms with van der Waals surface area (Å²) in [6, 6.07) is 4.59. The molecule has 0 fully saturated rings. The number of nitrogens with one attached hydrogen (secondary N) is 1. The topological polar surface area (TPSA) is 71.2 Å². The summed E-state index contributed by atoms with van der Waals surface area (Å²) in [7, 11) is 0. The van der Waals surface area contributed by atoms with Crippen molar-refractivity contribution >= 4 is 11.6 Å². The zero-order valence-corrected chi connectivity index (χ0v) is 11.8. The molecule has 1 aromatic heterocycles. The molecule has 2 rings (SSSR count). The van der Waals surface area contributed by atoms with Crippen molar-refractivity contribution in [1.82, 2.24) is 15.5 Å². The van der Waals surface area contributed by atoms with Gasteiger partial charge in [-0.3, -0.25) is 0 Å². The van der Waals surface area contributed by atoms with Crippen LogP contribution in [0.3, 0.4) is 0 Å². The fourth-order valence-corrected chi connectivity index (χ4v) is 1.65. The van der Waals surface area contributed by atoms with E-state index in [4.69, 9.17) is 16.0 Å². The molecule has 2 aromatic rings. The average Bonchev–Trinajstić information content (AvgIpc) is 2.77. The van der Waals surface area contributed by atoms with Gasteiger partial charge in [0, 0.05) is 5.54 Å². The van der Waals surface area contributed by atoms with Gasteiger partial charge in [0.1, 0.15) is 5.75 Å². The van der Waals surface area contributed by atoms with E-state index in [1.54, 1.807) is 6.07 Å². The van der Waals surface area contributed by atoms with Crippen LogP contribution in [-0.2, 0) is 6.54 Å². The predicted molar refractivity (Wildman–Crippen MR) is 73.0 cm³/mol. The Balaban J connectivity index is 2.19. The Morgan fingerprint density at radius 1 is 1.32 bits per heavy atom. The summed E-state index contributed by atoms with van der Waals surface area (Å²) < 4.78 is 5.52. The number of benzene rings is 1. The number of nitrogens with zero attached hydrogens (tertiary/aromatic N) is 2. The summed E-state index contributed by atoms with van der Waals surface area (Å²) in [5.74, 6) is 0.878. The van der Waals surface area contributed by atoms with E-state index in [-0.39, 0.29) is 11.3 Å². The van der Waals surface area contributed by atoms with Gasteiger partial charge in [-0.15, -0.1) is 10.2 Å². The second-order valence-corrected chi connectivity index (χ2v) is 5.68. The fourth-order valence-electron chi connectivity index (χ4n) is 1.45. The molecule has 0 atom stereocenters. The Bertz CT molecular complexity index is 576. The van der Waals surface area contributed by atoms with Gasteiger partial charge in [-0.25, -0.2) is 0 Å². The Kier molecular flexibility index (Phi) is 3.78. The van der Waals surface area contributed by atoms with Crippen LogP contribution < -0.4 is 5.32 Å². The number of hydrogen-bond acceptors (Lipinski definition) is 5. The summed E-state index contributed by atoms with van der Waals surface area (Å²) >= 11 is 6.04. The highest BCUT2D eigenvalue weighted by Crippen LogP contribution is 2.30.